The largest absolute Gasteiger partial charge is 0.496 e. The second-order valence-corrected chi connectivity index (χ2v) is 9.51. The number of benzene rings is 2. The van der Waals surface area contributed by atoms with E-state index in [4.69, 9.17) is 16.3 Å². The number of hydrogen-bond donors (Lipinski definition) is 1. The maximum atomic E-state index is 13.1. The lowest BCUT2D eigenvalue weighted by atomic mass is 10.0. The van der Waals surface area contributed by atoms with Gasteiger partial charge >= 0.3 is 6.18 Å². The first-order valence-corrected chi connectivity index (χ1v) is 11.8. The smallest absolute Gasteiger partial charge is 0.416 e. The van der Waals surface area contributed by atoms with Gasteiger partial charge in [0.2, 0.25) is 15.9 Å². The Bertz CT molecular complexity index is 1090. The van der Waals surface area contributed by atoms with Crippen molar-refractivity contribution >= 4 is 33.2 Å². The highest BCUT2D eigenvalue weighted by Gasteiger charge is 2.33. The van der Waals surface area contributed by atoms with E-state index in [-0.39, 0.29) is 5.02 Å². The SMILES string of the molecule is CC[C@H](NC(=O)CN(c1cc(C(F)(F)F)ccc1Cl)S(C)(=O)=O)c1ccc(OC)c(C)c1. The zero-order valence-electron chi connectivity index (χ0n) is 18.0. The molecule has 0 heterocycles. The molecule has 0 spiro atoms. The standard InChI is InChI=1S/C21H24ClF3N2O4S/c1-5-17(14-6-9-19(31-3)13(2)10-14)26-20(28)12-27(32(4,29)30)18-11-15(21(23,24)25)7-8-16(18)22/h6-11,17H,5,12H2,1-4H3,(H,26,28)/t17-/m0/s1. The molecule has 0 aliphatic heterocycles. The Morgan fingerprint density at radius 3 is 2.38 bits per heavy atom. The summed E-state index contributed by atoms with van der Waals surface area (Å²) in [7, 11) is -2.58. The zero-order chi connectivity index (χ0) is 24.3. The molecule has 1 atom stereocenters. The van der Waals surface area contributed by atoms with Gasteiger partial charge in [0.15, 0.2) is 0 Å². The summed E-state index contributed by atoms with van der Waals surface area (Å²) in [6.07, 6.45) is -3.41. The summed E-state index contributed by atoms with van der Waals surface area (Å²) in [5.74, 6) is -0.0124. The topological polar surface area (TPSA) is 75.7 Å². The third-order valence-electron chi connectivity index (χ3n) is 4.79. The Kier molecular flexibility index (Phi) is 8.06. The average Bonchev–Trinajstić information content (AvgIpc) is 2.69. The second kappa shape index (κ2) is 9.99. The molecule has 0 saturated carbocycles. The number of ether oxygens (including phenoxy) is 1. The first-order chi connectivity index (χ1) is 14.8. The van der Waals surface area contributed by atoms with Crippen molar-refractivity contribution in [2.75, 3.05) is 24.2 Å². The van der Waals surface area contributed by atoms with Crippen LogP contribution in [0.15, 0.2) is 36.4 Å². The minimum Gasteiger partial charge on any atom is -0.496 e. The minimum atomic E-state index is -4.70. The maximum absolute atomic E-state index is 13.1. The van der Waals surface area contributed by atoms with E-state index in [1.54, 1.807) is 19.2 Å². The quantitative estimate of drug-likeness (QED) is 0.579. The summed E-state index contributed by atoms with van der Waals surface area (Å²) in [6, 6.07) is 7.23. The number of nitrogens with one attached hydrogen (secondary N) is 1. The number of halogens is 4. The average molecular weight is 493 g/mol. The van der Waals surface area contributed by atoms with E-state index >= 15 is 0 Å². The van der Waals surface area contributed by atoms with Crippen molar-refractivity contribution in [2.45, 2.75) is 32.5 Å². The van der Waals surface area contributed by atoms with Crippen molar-refractivity contribution in [2.24, 2.45) is 0 Å². The van der Waals surface area contributed by atoms with Crippen molar-refractivity contribution < 1.29 is 31.1 Å². The molecule has 2 aromatic carbocycles. The van der Waals surface area contributed by atoms with E-state index in [2.05, 4.69) is 5.32 Å². The minimum absolute atomic E-state index is 0.228. The van der Waals surface area contributed by atoms with Crippen LogP contribution in [0.3, 0.4) is 0 Å². The summed E-state index contributed by atoms with van der Waals surface area (Å²) < 4.78 is 69.8. The monoisotopic (exact) mass is 492 g/mol. The molecule has 0 aliphatic carbocycles. The van der Waals surface area contributed by atoms with Crippen molar-refractivity contribution in [3.63, 3.8) is 0 Å². The van der Waals surface area contributed by atoms with Gasteiger partial charge in [-0.3, -0.25) is 9.10 Å². The van der Waals surface area contributed by atoms with Gasteiger partial charge in [0, 0.05) is 0 Å². The molecular formula is C21H24ClF3N2O4S. The van der Waals surface area contributed by atoms with Gasteiger partial charge in [0.05, 0.1) is 35.7 Å². The van der Waals surface area contributed by atoms with Gasteiger partial charge < -0.3 is 10.1 Å². The van der Waals surface area contributed by atoms with Crippen LogP contribution in [0.2, 0.25) is 5.02 Å². The molecular weight excluding hydrogens is 469 g/mol. The molecule has 2 rings (SSSR count). The van der Waals surface area contributed by atoms with Gasteiger partial charge in [-0.1, -0.05) is 30.7 Å². The van der Waals surface area contributed by atoms with Crippen LogP contribution in [0.1, 0.15) is 36.1 Å². The van der Waals surface area contributed by atoms with Crippen LogP contribution in [0.4, 0.5) is 18.9 Å². The number of alkyl halides is 3. The van der Waals surface area contributed by atoms with Crippen LogP contribution < -0.4 is 14.4 Å². The van der Waals surface area contributed by atoms with Gasteiger partial charge in [-0.25, -0.2) is 8.42 Å². The Labute approximate surface area is 190 Å². The zero-order valence-corrected chi connectivity index (χ0v) is 19.5. The van der Waals surface area contributed by atoms with E-state index in [9.17, 15) is 26.4 Å². The molecule has 1 amide bonds. The van der Waals surface area contributed by atoms with Gasteiger partial charge in [-0.2, -0.15) is 13.2 Å². The number of rotatable bonds is 8. The maximum Gasteiger partial charge on any atom is 0.416 e. The Morgan fingerprint density at radius 1 is 1.22 bits per heavy atom. The number of anilines is 1. The number of aryl methyl sites for hydroxylation is 1. The molecule has 2 aromatic rings. The highest BCUT2D eigenvalue weighted by Crippen LogP contribution is 2.36. The van der Waals surface area contributed by atoms with E-state index in [1.807, 2.05) is 19.9 Å². The van der Waals surface area contributed by atoms with E-state index in [1.165, 1.54) is 0 Å². The first-order valence-electron chi connectivity index (χ1n) is 9.56. The van der Waals surface area contributed by atoms with Gasteiger partial charge in [0.25, 0.3) is 0 Å². The molecule has 176 valence electrons. The normalized spacial score (nSPS) is 12.9. The lowest BCUT2D eigenvalue weighted by Crippen LogP contribution is -2.41. The van der Waals surface area contributed by atoms with Crippen molar-refractivity contribution in [3.8, 4) is 5.75 Å². The Hall–Kier alpha value is -2.46. The van der Waals surface area contributed by atoms with Crippen LogP contribution in [-0.4, -0.2) is 34.2 Å². The van der Waals surface area contributed by atoms with E-state index in [0.29, 0.717) is 22.5 Å². The molecule has 11 heteroatoms. The number of carbonyl (C=O) groups excluding carboxylic acids is 1. The lowest BCUT2D eigenvalue weighted by molar-refractivity contribution is -0.137. The number of amides is 1. The summed E-state index contributed by atoms with van der Waals surface area (Å²) in [4.78, 5) is 12.7. The molecule has 32 heavy (non-hydrogen) atoms. The molecule has 0 radical (unpaired) electrons. The highest BCUT2D eigenvalue weighted by molar-refractivity contribution is 7.92. The molecule has 0 bridgehead atoms. The van der Waals surface area contributed by atoms with Crippen molar-refractivity contribution in [1.82, 2.24) is 5.32 Å². The molecule has 6 nitrogen and oxygen atoms in total. The second-order valence-electron chi connectivity index (χ2n) is 7.19. The summed E-state index contributed by atoms with van der Waals surface area (Å²) in [5, 5.41) is 2.51. The summed E-state index contributed by atoms with van der Waals surface area (Å²) >= 11 is 5.99. The third kappa shape index (κ3) is 6.29. The van der Waals surface area contributed by atoms with Crippen LogP contribution in [-0.2, 0) is 21.0 Å². The fourth-order valence-electron chi connectivity index (χ4n) is 3.17. The van der Waals surface area contributed by atoms with E-state index in [0.717, 1.165) is 29.5 Å². The lowest BCUT2D eigenvalue weighted by Gasteiger charge is -2.25. The molecule has 0 unspecified atom stereocenters. The van der Waals surface area contributed by atoms with Crippen molar-refractivity contribution in [3.05, 3.63) is 58.1 Å². The van der Waals surface area contributed by atoms with Gasteiger partial charge in [0.1, 0.15) is 12.3 Å². The van der Waals surface area contributed by atoms with Crippen molar-refractivity contribution in [1.29, 1.82) is 0 Å². The summed E-state index contributed by atoms with van der Waals surface area (Å²) in [5.41, 5.74) is 0.131. The Balaban J connectivity index is 2.32. The summed E-state index contributed by atoms with van der Waals surface area (Å²) in [6.45, 7) is 2.95. The fraction of sp³-hybridized carbons (Fsp3) is 0.381. The fourth-order valence-corrected chi connectivity index (χ4v) is 4.30. The van der Waals surface area contributed by atoms with Crippen LogP contribution >= 0.6 is 11.6 Å². The Morgan fingerprint density at radius 2 is 1.88 bits per heavy atom. The predicted octanol–water partition coefficient (Wildman–Crippen LogP) is 4.71. The molecule has 0 aromatic heterocycles. The van der Waals surface area contributed by atoms with E-state index < -0.39 is 45.9 Å². The van der Waals surface area contributed by atoms with Crippen LogP contribution in [0.25, 0.3) is 0 Å². The van der Waals surface area contributed by atoms with Crippen LogP contribution in [0, 0.1) is 6.92 Å². The molecule has 0 saturated heterocycles. The molecule has 1 N–H and O–H groups in total. The molecule has 0 fully saturated rings. The highest BCUT2D eigenvalue weighted by atomic mass is 35.5. The number of hydrogen-bond acceptors (Lipinski definition) is 4. The number of methoxy groups -OCH3 is 1. The van der Waals surface area contributed by atoms with Gasteiger partial charge in [-0.05, 0) is 48.7 Å². The number of sulfonamides is 1. The third-order valence-corrected chi connectivity index (χ3v) is 6.24. The first kappa shape index (κ1) is 25.8. The van der Waals surface area contributed by atoms with Crippen LogP contribution in [0.5, 0.6) is 5.75 Å². The van der Waals surface area contributed by atoms with Gasteiger partial charge in [-0.15, -0.1) is 0 Å². The number of carbonyl (C=O) groups is 1. The molecule has 0 aliphatic rings. The predicted molar refractivity (Wildman–Crippen MR) is 118 cm³/mol. The number of nitrogens with zero attached hydrogens (tertiary/aromatic N) is 1.